The Kier molecular flexibility index (Phi) is 4.73. The van der Waals surface area contributed by atoms with E-state index in [0.717, 1.165) is 13.0 Å². The Hall–Kier alpha value is -1.10. The van der Waals surface area contributed by atoms with Gasteiger partial charge in [-0.2, -0.15) is 0 Å². The molecule has 0 aromatic heterocycles. The molecule has 1 heterocycles. The summed E-state index contributed by atoms with van der Waals surface area (Å²) in [6.07, 6.45) is 0.765. The second-order valence-corrected chi connectivity index (χ2v) is 5.77. The minimum atomic E-state index is -0.969. The zero-order chi connectivity index (χ0) is 13.9. The number of carboxylic acid groups (broad SMARTS) is 1. The third kappa shape index (κ3) is 2.83. The summed E-state index contributed by atoms with van der Waals surface area (Å²) in [5.41, 5.74) is -0.470. The molecule has 0 saturated carbocycles. The maximum atomic E-state index is 12.4. The fourth-order valence-electron chi connectivity index (χ4n) is 2.46. The zero-order valence-corrected chi connectivity index (χ0v) is 11.6. The van der Waals surface area contributed by atoms with Gasteiger partial charge in [0, 0.05) is 6.54 Å². The highest BCUT2D eigenvalue weighted by Gasteiger charge is 2.45. The lowest BCUT2D eigenvalue weighted by molar-refractivity contribution is -0.145. The van der Waals surface area contributed by atoms with Gasteiger partial charge in [0.25, 0.3) is 0 Å². The van der Waals surface area contributed by atoms with E-state index in [2.05, 4.69) is 10.6 Å². The second kappa shape index (κ2) is 5.69. The monoisotopic (exact) mass is 256 g/mol. The first-order valence-electron chi connectivity index (χ1n) is 6.55. The Balaban J connectivity index is 2.82. The van der Waals surface area contributed by atoms with Gasteiger partial charge in [0.05, 0.1) is 5.41 Å². The summed E-state index contributed by atoms with van der Waals surface area (Å²) in [5, 5.41) is 15.0. The van der Waals surface area contributed by atoms with Gasteiger partial charge in [0.15, 0.2) is 0 Å². The molecule has 0 radical (unpaired) electrons. The van der Waals surface area contributed by atoms with Crippen LogP contribution in [0.2, 0.25) is 0 Å². The van der Waals surface area contributed by atoms with Crippen LogP contribution >= 0.6 is 0 Å². The van der Waals surface area contributed by atoms with E-state index >= 15 is 0 Å². The Morgan fingerprint density at radius 1 is 1.28 bits per heavy atom. The van der Waals surface area contributed by atoms with E-state index in [1.165, 1.54) is 0 Å². The minimum absolute atomic E-state index is 0.120. The van der Waals surface area contributed by atoms with Gasteiger partial charge in [-0.1, -0.05) is 27.7 Å². The summed E-state index contributed by atoms with van der Waals surface area (Å²) in [4.78, 5) is 23.5. The van der Waals surface area contributed by atoms with Crippen molar-refractivity contribution in [1.82, 2.24) is 10.6 Å². The highest BCUT2D eigenvalue weighted by molar-refractivity contribution is 5.88. The van der Waals surface area contributed by atoms with Gasteiger partial charge < -0.3 is 15.7 Å². The van der Waals surface area contributed by atoms with Crippen molar-refractivity contribution < 1.29 is 14.7 Å². The lowest BCUT2D eigenvalue weighted by Gasteiger charge is -2.33. The first-order valence-corrected chi connectivity index (χ1v) is 6.55. The number of nitrogens with one attached hydrogen (secondary N) is 2. The molecule has 1 unspecified atom stereocenters. The smallest absolute Gasteiger partial charge is 0.326 e. The summed E-state index contributed by atoms with van der Waals surface area (Å²) < 4.78 is 0. The lowest BCUT2D eigenvalue weighted by Crippen LogP contribution is -2.53. The summed E-state index contributed by atoms with van der Waals surface area (Å²) in [6, 6.07) is -0.811. The largest absolute Gasteiger partial charge is 0.480 e. The molecule has 1 amide bonds. The van der Waals surface area contributed by atoms with Gasteiger partial charge in [-0.15, -0.1) is 0 Å². The van der Waals surface area contributed by atoms with Gasteiger partial charge in [0.1, 0.15) is 6.04 Å². The van der Waals surface area contributed by atoms with Crippen LogP contribution < -0.4 is 10.6 Å². The third-order valence-electron chi connectivity index (χ3n) is 3.97. The molecule has 5 nitrogen and oxygen atoms in total. The molecule has 3 N–H and O–H groups in total. The molecule has 0 spiro atoms. The van der Waals surface area contributed by atoms with E-state index in [4.69, 9.17) is 5.11 Å². The summed E-state index contributed by atoms with van der Waals surface area (Å²) in [5.74, 6) is -1.04. The maximum absolute atomic E-state index is 12.4. The molecule has 1 saturated heterocycles. The fraction of sp³-hybridized carbons (Fsp3) is 0.846. The number of aliphatic carboxylic acids is 1. The molecular weight excluding hydrogens is 232 g/mol. The molecule has 2 atom stereocenters. The average Bonchev–Trinajstić information content (AvgIpc) is 2.74. The Labute approximate surface area is 108 Å². The van der Waals surface area contributed by atoms with Crippen molar-refractivity contribution in [3.63, 3.8) is 0 Å². The molecular formula is C13H24N2O3. The number of rotatable bonds is 5. The van der Waals surface area contributed by atoms with Gasteiger partial charge >= 0.3 is 5.97 Å². The highest BCUT2D eigenvalue weighted by Crippen LogP contribution is 2.34. The molecule has 104 valence electrons. The Bertz CT molecular complexity index is 320. The molecule has 0 bridgehead atoms. The van der Waals surface area contributed by atoms with Crippen LogP contribution in [0.25, 0.3) is 0 Å². The van der Waals surface area contributed by atoms with E-state index in [1.54, 1.807) is 13.8 Å². The van der Waals surface area contributed by atoms with Crippen LogP contribution in [0.5, 0.6) is 0 Å². The topological polar surface area (TPSA) is 78.4 Å². The van der Waals surface area contributed by atoms with Gasteiger partial charge in [-0.25, -0.2) is 4.79 Å². The van der Waals surface area contributed by atoms with Crippen LogP contribution in [0.3, 0.4) is 0 Å². The third-order valence-corrected chi connectivity index (χ3v) is 3.97. The van der Waals surface area contributed by atoms with Crippen LogP contribution in [-0.2, 0) is 9.59 Å². The Morgan fingerprint density at radius 3 is 2.22 bits per heavy atom. The van der Waals surface area contributed by atoms with Crippen LogP contribution in [0.4, 0.5) is 0 Å². The zero-order valence-electron chi connectivity index (χ0n) is 11.6. The predicted octanol–water partition coefficient (Wildman–Crippen LogP) is 0.847. The summed E-state index contributed by atoms with van der Waals surface area (Å²) in [6.45, 7) is 9.06. The van der Waals surface area contributed by atoms with Gasteiger partial charge in [0.2, 0.25) is 5.91 Å². The number of amides is 1. The molecule has 0 aromatic carbocycles. The minimum Gasteiger partial charge on any atom is -0.480 e. The molecule has 0 aliphatic carbocycles. The second-order valence-electron chi connectivity index (χ2n) is 5.77. The van der Waals surface area contributed by atoms with Crippen LogP contribution in [0.1, 0.15) is 34.1 Å². The van der Waals surface area contributed by atoms with Crippen molar-refractivity contribution in [3.8, 4) is 0 Å². The van der Waals surface area contributed by atoms with E-state index in [0.29, 0.717) is 6.54 Å². The molecule has 1 rings (SSSR count). The SMILES string of the molecule is CC(C)[C@@H](NC(=O)C1(C(C)C)CCNC1)C(=O)O. The van der Waals surface area contributed by atoms with E-state index in [-0.39, 0.29) is 17.7 Å². The van der Waals surface area contributed by atoms with Gasteiger partial charge in [-0.3, -0.25) is 4.79 Å². The van der Waals surface area contributed by atoms with Crippen LogP contribution in [0.15, 0.2) is 0 Å². The molecule has 5 heteroatoms. The number of carboxylic acids is 1. The first-order chi connectivity index (χ1) is 8.31. The number of hydrogen-bond donors (Lipinski definition) is 3. The summed E-state index contributed by atoms with van der Waals surface area (Å²) >= 11 is 0. The average molecular weight is 256 g/mol. The van der Waals surface area contributed by atoms with Crippen molar-refractivity contribution in [3.05, 3.63) is 0 Å². The Morgan fingerprint density at radius 2 is 1.89 bits per heavy atom. The van der Waals surface area contributed by atoms with Crippen molar-refractivity contribution in [2.75, 3.05) is 13.1 Å². The molecule has 0 aromatic rings. The number of carbonyl (C=O) groups excluding carboxylic acids is 1. The lowest BCUT2D eigenvalue weighted by atomic mass is 9.75. The van der Waals surface area contributed by atoms with Crippen LogP contribution in [-0.4, -0.2) is 36.1 Å². The molecule has 18 heavy (non-hydrogen) atoms. The van der Waals surface area contributed by atoms with Crippen LogP contribution in [0, 0.1) is 17.3 Å². The normalized spacial score (nSPS) is 25.4. The van der Waals surface area contributed by atoms with Gasteiger partial charge in [-0.05, 0) is 24.8 Å². The molecule has 1 aliphatic heterocycles. The quantitative estimate of drug-likeness (QED) is 0.681. The summed E-state index contributed by atoms with van der Waals surface area (Å²) in [7, 11) is 0. The van der Waals surface area contributed by atoms with Crippen molar-refractivity contribution in [2.45, 2.75) is 40.2 Å². The number of hydrogen-bond acceptors (Lipinski definition) is 3. The maximum Gasteiger partial charge on any atom is 0.326 e. The van der Waals surface area contributed by atoms with E-state index in [9.17, 15) is 9.59 Å². The first kappa shape index (κ1) is 15.0. The van der Waals surface area contributed by atoms with Crippen molar-refractivity contribution in [1.29, 1.82) is 0 Å². The molecule has 1 aliphatic rings. The predicted molar refractivity (Wildman–Crippen MR) is 69.2 cm³/mol. The standard InChI is InChI=1S/C13H24N2O3/c1-8(2)10(11(16)17)15-12(18)13(9(3)4)5-6-14-7-13/h8-10,14H,5-7H2,1-4H3,(H,15,18)(H,16,17)/t10-,13?/m1/s1. The number of carbonyl (C=O) groups is 2. The molecule has 1 fully saturated rings. The van der Waals surface area contributed by atoms with E-state index < -0.39 is 17.4 Å². The van der Waals surface area contributed by atoms with E-state index in [1.807, 2.05) is 13.8 Å². The highest BCUT2D eigenvalue weighted by atomic mass is 16.4. The van der Waals surface area contributed by atoms with Crippen molar-refractivity contribution in [2.24, 2.45) is 17.3 Å². The van der Waals surface area contributed by atoms with Crippen molar-refractivity contribution >= 4 is 11.9 Å². The fourth-order valence-corrected chi connectivity index (χ4v) is 2.46.